The first-order chi connectivity index (χ1) is 10.9. The van der Waals surface area contributed by atoms with Crippen molar-refractivity contribution in [3.05, 3.63) is 29.3 Å². The van der Waals surface area contributed by atoms with Crippen LogP contribution in [0.1, 0.15) is 29.3 Å². The Morgan fingerprint density at radius 3 is 2.48 bits per heavy atom. The number of piperazine rings is 1. The molecule has 2 rings (SSSR count). The van der Waals surface area contributed by atoms with E-state index in [2.05, 4.69) is 10.2 Å². The van der Waals surface area contributed by atoms with E-state index in [-0.39, 0.29) is 10.8 Å². The standard InChI is InChI=1S/C16H25N3O3S/c1-4-7-17-16(20)14-6-5-13(2)15(12-14)23(21,22)19-10-8-18(3)9-11-19/h5-6,12H,4,7-11H2,1-3H3,(H,17,20). The zero-order valence-corrected chi connectivity index (χ0v) is 14.8. The summed E-state index contributed by atoms with van der Waals surface area (Å²) in [5.41, 5.74) is 1.05. The summed E-state index contributed by atoms with van der Waals surface area (Å²) >= 11 is 0. The highest BCUT2D eigenvalue weighted by Gasteiger charge is 2.29. The van der Waals surface area contributed by atoms with Crippen molar-refractivity contribution in [2.24, 2.45) is 0 Å². The third-order valence-corrected chi connectivity index (χ3v) is 6.11. The van der Waals surface area contributed by atoms with Crippen LogP contribution in [0, 0.1) is 6.92 Å². The summed E-state index contributed by atoms with van der Waals surface area (Å²) in [4.78, 5) is 14.4. The normalized spacial score (nSPS) is 17.2. The second-order valence-corrected chi connectivity index (χ2v) is 7.85. The van der Waals surface area contributed by atoms with E-state index in [9.17, 15) is 13.2 Å². The van der Waals surface area contributed by atoms with Gasteiger partial charge < -0.3 is 10.2 Å². The van der Waals surface area contributed by atoms with Crippen molar-refractivity contribution < 1.29 is 13.2 Å². The van der Waals surface area contributed by atoms with E-state index in [1.165, 1.54) is 10.4 Å². The molecule has 1 aromatic carbocycles. The molecule has 0 atom stereocenters. The van der Waals surface area contributed by atoms with Crippen LogP contribution in [0.25, 0.3) is 0 Å². The number of aryl methyl sites for hydroxylation is 1. The molecule has 1 aliphatic rings. The van der Waals surface area contributed by atoms with Crippen molar-refractivity contribution in [1.82, 2.24) is 14.5 Å². The van der Waals surface area contributed by atoms with Crippen LogP contribution in [0.4, 0.5) is 0 Å². The Labute approximate surface area is 138 Å². The number of rotatable bonds is 5. The molecule has 0 radical (unpaired) electrons. The van der Waals surface area contributed by atoms with Crippen molar-refractivity contribution in [2.75, 3.05) is 39.8 Å². The monoisotopic (exact) mass is 339 g/mol. The zero-order chi connectivity index (χ0) is 17.0. The number of amides is 1. The third kappa shape index (κ3) is 4.10. The average Bonchev–Trinajstić information content (AvgIpc) is 2.53. The molecule has 0 unspecified atom stereocenters. The highest BCUT2D eigenvalue weighted by atomic mass is 32.2. The first-order valence-electron chi connectivity index (χ1n) is 7.93. The van der Waals surface area contributed by atoms with Gasteiger partial charge in [-0.05, 0) is 38.1 Å². The van der Waals surface area contributed by atoms with Gasteiger partial charge in [-0.3, -0.25) is 4.79 Å². The largest absolute Gasteiger partial charge is 0.352 e. The van der Waals surface area contributed by atoms with E-state index in [1.54, 1.807) is 19.1 Å². The van der Waals surface area contributed by atoms with Gasteiger partial charge in [0.2, 0.25) is 10.0 Å². The average molecular weight is 339 g/mol. The van der Waals surface area contributed by atoms with Crippen molar-refractivity contribution >= 4 is 15.9 Å². The molecule has 1 N–H and O–H groups in total. The predicted octanol–water partition coefficient (Wildman–Crippen LogP) is 1.07. The fraction of sp³-hybridized carbons (Fsp3) is 0.562. The number of nitrogens with one attached hydrogen (secondary N) is 1. The predicted molar refractivity (Wildman–Crippen MR) is 90.1 cm³/mol. The van der Waals surface area contributed by atoms with Crippen LogP contribution in [-0.2, 0) is 10.0 Å². The van der Waals surface area contributed by atoms with Crippen LogP contribution in [0.5, 0.6) is 0 Å². The number of carbonyl (C=O) groups is 1. The molecule has 7 heteroatoms. The highest BCUT2D eigenvalue weighted by Crippen LogP contribution is 2.22. The Balaban J connectivity index is 2.28. The van der Waals surface area contributed by atoms with E-state index in [4.69, 9.17) is 0 Å². The van der Waals surface area contributed by atoms with Gasteiger partial charge in [0.15, 0.2) is 0 Å². The summed E-state index contributed by atoms with van der Waals surface area (Å²) in [6.45, 7) is 6.70. The minimum atomic E-state index is -3.57. The molecule has 1 fully saturated rings. The molecule has 0 aliphatic carbocycles. The Hall–Kier alpha value is -1.44. The van der Waals surface area contributed by atoms with Gasteiger partial charge in [-0.2, -0.15) is 4.31 Å². The summed E-state index contributed by atoms with van der Waals surface area (Å²) in [6.07, 6.45) is 0.837. The number of nitrogens with zero attached hydrogens (tertiary/aromatic N) is 2. The molecule has 1 heterocycles. The van der Waals surface area contributed by atoms with Crippen LogP contribution in [0.2, 0.25) is 0 Å². The number of hydrogen-bond donors (Lipinski definition) is 1. The van der Waals surface area contributed by atoms with Crippen LogP contribution in [0.3, 0.4) is 0 Å². The van der Waals surface area contributed by atoms with E-state index < -0.39 is 10.0 Å². The summed E-state index contributed by atoms with van der Waals surface area (Å²) in [5.74, 6) is -0.235. The molecule has 128 valence electrons. The summed E-state index contributed by atoms with van der Waals surface area (Å²) < 4.78 is 27.3. The van der Waals surface area contributed by atoms with Gasteiger partial charge in [0.1, 0.15) is 0 Å². The lowest BCUT2D eigenvalue weighted by Crippen LogP contribution is -2.47. The maximum atomic E-state index is 12.9. The molecule has 0 aromatic heterocycles. The minimum Gasteiger partial charge on any atom is -0.352 e. The molecule has 1 aliphatic heterocycles. The molecule has 0 spiro atoms. The van der Waals surface area contributed by atoms with Crippen LogP contribution >= 0.6 is 0 Å². The number of carbonyl (C=O) groups excluding carboxylic acids is 1. The third-order valence-electron chi connectivity index (χ3n) is 4.07. The van der Waals surface area contributed by atoms with Crippen LogP contribution in [0.15, 0.2) is 23.1 Å². The van der Waals surface area contributed by atoms with Crippen molar-refractivity contribution in [3.63, 3.8) is 0 Å². The van der Waals surface area contributed by atoms with Gasteiger partial charge in [-0.1, -0.05) is 13.0 Å². The topological polar surface area (TPSA) is 69.7 Å². The van der Waals surface area contributed by atoms with E-state index in [0.29, 0.717) is 30.8 Å². The maximum Gasteiger partial charge on any atom is 0.251 e. The van der Waals surface area contributed by atoms with Crippen LogP contribution in [-0.4, -0.2) is 63.3 Å². The molecule has 23 heavy (non-hydrogen) atoms. The lowest BCUT2D eigenvalue weighted by Gasteiger charge is -2.32. The first-order valence-corrected chi connectivity index (χ1v) is 9.38. The quantitative estimate of drug-likeness (QED) is 0.871. The lowest BCUT2D eigenvalue weighted by atomic mass is 10.1. The van der Waals surface area contributed by atoms with Crippen molar-refractivity contribution in [1.29, 1.82) is 0 Å². The number of benzene rings is 1. The molecule has 0 bridgehead atoms. The van der Waals surface area contributed by atoms with Gasteiger partial charge in [-0.25, -0.2) is 8.42 Å². The Bertz CT molecular complexity index is 665. The second kappa shape index (κ2) is 7.42. The first kappa shape index (κ1) is 17.9. The van der Waals surface area contributed by atoms with Gasteiger partial charge in [-0.15, -0.1) is 0 Å². The molecule has 1 aromatic rings. The van der Waals surface area contributed by atoms with Gasteiger partial charge in [0, 0.05) is 38.3 Å². The van der Waals surface area contributed by atoms with E-state index in [0.717, 1.165) is 19.5 Å². The zero-order valence-electron chi connectivity index (χ0n) is 14.0. The molecule has 6 nitrogen and oxygen atoms in total. The van der Waals surface area contributed by atoms with Crippen molar-refractivity contribution in [2.45, 2.75) is 25.2 Å². The Kier molecular flexibility index (Phi) is 5.78. The maximum absolute atomic E-state index is 12.9. The van der Waals surface area contributed by atoms with Crippen molar-refractivity contribution in [3.8, 4) is 0 Å². The second-order valence-electron chi connectivity index (χ2n) is 5.94. The van der Waals surface area contributed by atoms with E-state index >= 15 is 0 Å². The SMILES string of the molecule is CCCNC(=O)c1ccc(C)c(S(=O)(=O)N2CCN(C)CC2)c1. The number of hydrogen-bond acceptors (Lipinski definition) is 4. The smallest absolute Gasteiger partial charge is 0.251 e. The highest BCUT2D eigenvalue weighted by molar-refractivity contribution is 7.89. The molecular weight excluding hydrogens is 314 g/mol. The fourth-order valence-electron chi connectivity index (χ4n) is 2.53. The Morgan fingerprint density at radius 1 is 1.22 bits per heavy atom. The number of likely N-dealkylation sites (N-methyl/N-ethyl adjacent to an activating group) is 1. The summed E-state index contributed by atoms with van der Waals surface area (Å²) in [7, 11) is -1.59. The van der Waals surface area contributed by atoms with Gasteiger partial charge >= 0.3 is 0 Å². The lowest BCUT2D eigenvalue weighted by molar-refractivity contribution is 0.0953. The van der Waals surface area contributed by atoms with E-state index in [1.807, 2.05) is 14.0 Å². The minimum absolute atomic E-state index is 0.228. The van der Waals surface area contributed by atoms with Gasteiger partial charge in [0.25, 0.3) is 5.91 Å². The Morgan fingerprint density at radius 2 is 1.87 bits per heavy atom. The van der Waals surface area contributed by atoms with Crippen LogP contribution < -0.4 is 5.32 Å². The number of sulfonamides is 1. The molecule has 0 saturated carbocycles. The molecule has 1 saturated heterocycles. The molecular formula is C16H25N3O3S. The summed E-state index contributed by atoms with van der Waals surface area (Å²) in [6, 6.07) is 4.86. The van der Waals surface area contributed by atoms with Gasteiger partial charge in [0.05, 0.1) is 4.90 Å². The summed E-state index contributed by atoms with van der Waals surface area (Å²) in [5, 5.41) is 2.78. The molecule has 1 amide bonds. The fourth-order valence-corrected chi connectivity index (χ4v) is 4.20.